The van der Waals surface area contributed by atoms with E-state index in [1.165, 1.54) is 0 Å². The Bertz CT molecular complexity index is 413. The van der Waals surface area contributed by atoms with Crippen LogP contribution in [-0.4, -0.2) is 18.4 Å². The second kappa shape index (κ2) is 6.19. The van der Waals surface area contributed by atoms with Crippen molar-refractivity contribution < 1.29 is 9.59 Å². The molecular weight excluding hydrogens is 228 g/mol. The van der Waals surface area contributed by atoms with E-state index in [1.54, 1.807) is 26.0 Å². The third kappa shape index (κ3) is 3.58. The lowest BCUT2D eigenvalue weighted by atomic mass is 9.91. The zero-order chi connectivity index (χ0) is 13.6. The highest BCUT2D eigenvalue weighted by molar-refractivity contribution is 6.09. The van der Waals surface area contributed by atoms with Crippen LogP contribution in [0.25, 0.3) is 0 Å². The predicted octanol–water partition coefficient (Wildman–Crippen LogP) is 2.18. The van der Waals surface area contributed by atoms with Gasteiger partial charge in [0.1, 0.15) is 5.41 Å². The summed E-state index contributed by atoms with van der Waals surface area (Å²) in [6.45, 7) is 5.80. The highest BCUT2D eigenvalue weighted by atomic mass is 16.2. The van der Waals surface area contributed by atoms with Crippen molar-refractivity contribution in [1.82, 2.24) is 5.32 Å². The van der Waals surface area contributed by atoms with Crippen LogP contribution in [-0.2, 0) is 9.59 Å². The van der Waals surface area contributed by atoms with Crippen LogP contribution in [0.3, 0.4) is 0 Å². The fourth-order valence-electron chi connectivity index (χ4n) is 1.37. The summed E-state index contributed by atoms with van der Waals surface area (Å²) >= 11 is 0. The van der Waals surface area contributed by atoms with E-state index in [1.807, 2.05) is 25.1 Å². The number of benzene rings is 1. The van der Waals surface area contributed by atoms with Gasteiger partial charge in [-0.05, 0) is 32.4 Å². The smallest absolute Gasteiger partial charge is 0.239 e. The Morgan fingerprint density at radius 3 is 2.28 bits per heavy atom. The molecule has 0 aromatic heterocycles. The summed E-state index contributed by atoms with van der Waals surface area (Å²) in [6.07, 6.45) is 0.849. The lowest BCUT2D eigenvalue weighted by molar-refractivity contribution is -0.138. The van der Waals surface area contributed by atoms with Gasteiger partial charge in [-0.3, -0.25) is 9.59 Å². The Hall–Kier alpha value is -1.84. The lowest BCUT2D eigenvalue weighted by Crippen LogP contribution is -2.45. The van der Waals surface area contributed by atoms with Crippen LogP contribution in [0.1, 0.15) is 27.2 Å². The standard InChI is InChI=1S/C14H20N2O2/c1-4-10-15-12(17)14(2,3)13(18)16-11-8-6-5-7-9-11/h5-9H,4,10H2,1-3H3,(H,15,17)(H,16,18). The van der Waals surface area contributed by atoms with E-state index in [0.717, 1.165) is 6.42 Å². The molecule has 0 unspecified atom stereocenters. The third-order valence-corrected chi connectivity index (χ3v) is 2.70. The largest absolute Gasteiger partial charge is 0.355 e. The number of anilines is 1. The topological polar surface area (TPSA) is 58.2 Å². The predicted molar refractivity (Wildman–Crippen MR) is 72.2 cm³/mol. The van der Waals surface area contributed by atoms with Crippen molar-refractivity contribution in [2.45, 2.75) is 27.2 Å². The molecule has 0 spiro atoms. The van der Waals surface area contributed by atoms with Crippen LogP contribution in [0, 0.1) is 5.41 Å². The molecule has 0 aliphatic carbocycles. The molecule has 4 nitrogen and oxygen atoms in total. The number of rotatable bonds is 5. The maximum atomic E-state index is 12.1. The summed E-state index contributed by atoms with van der Waals surface area (Å²) < 4.78 is 0. The Balaban J connectivity index is 2.67. The van der Waals surface area contributed by atoms with Crippen LogP contribution in [0.4, 0.5) is 5.69 Å². The Kier molecular flexibility index (Phi) is 4.89. The Labute approximate surface area is 108 Å². The van der Waals surface area contributed by atoms with Crippen molar-refractivity contribution in [2.75, 3.05) is 11.9 Å². The molecule has 0 aliphatic heterocycles. The van der Waals surface area contributed by atoms with Crippen molar-refractivity contribution in [2.24, 2.45) is 5.41 Å². The molecule has 0 saturated carbocycles. The van der Waals surface area contributed by atoms with Gasteiger partial charge in [-0.1, -0.05) is 25.1 Å². The van der Waals surface area contributed by atoms with Crippen molar-refractivity contribution >= 4 is 17.5 Å². The van der Waals surface area contributed by atoms with E-state index < -0.39 is 5.41 Å². The highest BCUT2D eigenvalue weighted by Gasteiger charge is 2.35. The molecular formula is C14H20N2O2. The first-order valence-electron chi connectivity index (χ1n) is 6.13. The van der Waals surface area contributed by atoms with E-state index >= 15 is 0 Å². The van der Waals surface area contributed by atoms with Gasteiger partial charge in [0.15, 0.2) is 0 Å². The van der Waals surface area contributed by atoms with E-state index in [4.69, 9.17) is 0 Å². The Morgan fingerprint density at radius 1 is 1.11 bits per heavy atom. The fourth-order valence-corrected chi connectivity index (χ4v) is 1.37. The van der Waals surface area contributed by atoms with Crippen LogP contribution < -0.4 is 10.6 Å². The summed E-state index contributed by atoms with van der Waals surface area (Å²) in [5.74, 6) is -0.555. The summed E-state index contributed by atoms with van der Waals surface area (Å²) in [6, 6.07) is 9.12. The molecule has 0 bridgehead atoms. The average Bonchev–Trinajstić information content (AvgIpc) is 2.36. The summed E-state index contributed by atoms with van der Waals surface area (Å²) in [4.78, 5) is 24.0. The number of carbonyl (C=O) groups is 2. The van der Waals surface area contributed by atoms with Gasteiger partial charge in [0.05, 0.1) is 0 Å². The molecule has 2 amide bonds. The van der Waals surface area contributed by atoms with Crippen LogP contribution >= 0.6 is 0 Å². The minimum absolute atomic E-state index is 0.252. The van der Waals surface area contributed by atoms with E-state index in [9.17, 15) is 9.59 Å². The van der Waals surface area contributed by atoms with Crippen LogP contribution in [0.15, 0.2) is 30.3 Å². The first-order chi connectivity index (χ1) is 8.48. The minimum Gasteiger partial charge on any atom is -0.355 e. The third-order valence-electron chi connectivity index (χ3n) is 2.70. The molecule has 98 valence electrons. The number of hydrogen-bond donors (Lipinski definition) is 2. The van der Waals surface area contributed by atoms with E-state index in [-0.39, 0.29) is 11.8 Å². The number of carbonyl (C=O) groups excluding carboxylic acids is 2. The van der Waals surface area contributed by atoms with Gasteiger partial charge in [-0.15, -0.1) is 0 Å². The van der Waals surface area contributed by atoms with E-state index in [0.29, 0.717) is 12.2 Å². The molecule has 0 heterocycles. The second-order valence-corrected chi connectivity index (χ2v) is 4.70. The SMILES string of the molecule is CCCNC(=O)C(C)(C)C(=O)Nc1ccccc1. The molecule has 1 aromatic carbocycles. The molecule has 0 radical (unpaired) electrons. The molecule has 4 heteroatoms. The van der Waals surface area contributed by atoms with E-state index in [2.05, 4.69) is 10.6 Å². The lowest BCUT2D eigenvalue weighted by Gasteiger charge is -2.22. The summed E-state index contributed by atoms with van der Waals surface area (Å²) in [5.41, 5.74) is -0.385. The second-order valence-electron chi connectivity index (χ2n) is 4.70. The molecule has 0 aliphatic rings. The number of amides is 2. The monoisotopic (exact) mass is 248 g/mol. The molecule has 0 fully saturated rings. The van der Waals surface area contributed by atoms with Gasteiger partial charge in [0.2, 0.25) is 11.8 Å². The van der Waals surface area contributed by atoms with Gasteiger partial charge < -0.3 is 10.6 Å². The number of hydrogen-bond acceptors (Lipinski definition) is 2. The van der Waals surface area contributed by atoms with Crippen LogP contribution in [0.2, 0.25) is 0 Å². The van der Waals surface area contributed by atoms with Crippen molar-refractivity contribution in [3.8, 4) is 0 Å². The molecule has 1 rings (SSSR count). The maximum Gasteiger partial charge on any atom is 0.239 e. The van der Waals surface area contributed by atoms with Gasteiger partial charge in [0, 0.05) is 12.2 Å². The van der Waals surface area contributed by atoms with Gasteiger partial charge in [-0.2, -0.15) is 0 Å². The van der Waals surface area contributed by atoms with Crippen molar-refractivity contribution in [3.63, 3.8) is 0 Å². The van der Waals surface area contributed by atoms with Gasteiger partial charge >= 0.3 is 0 Å². The first kappa shape index (κ1) is 14.2. The number of nitrogens with one attached hydrogen (secondary N) is 2. The molecule has 1 aromatic rings. The molecule has 0 atom stereocenters. The average molecular weight is 248 g/mol. The summed E-state index contributed by atoms with van der Waals surface area (Å²) in [7, 11) is 0. The zero-order valence-electron chi connectivity index (χ0n) is 11.1. The van der Waals surface area contributed by atoms with Crippen LogP contribution in [0.5, 0.6) is 0 Å². The quantitative estimate of drug-likeness (QED) is 0.785. The Morgan fingerprint density at radius 2 is 1.72 bits per heavy atom. The first-order valence-corrected chi connectivity index (χ1v) is 6.13. The van der Waals surface area contributed by atoms with Crippen molar-refractivity contribution in [1.29, 1.82) is 0 Å². The minimum atomic E-state index is -1.08. The van der Waals surface area contributed by atoms with Crippen molar-refractivity contribution in [3.05, 3.63) is 30.3 Å². The highest BCUT2D eigenvalue weighted by Crippen LogP contribution is 2.18. The maximum absolute atomic E-state index is 12.1. The molecule has 18 heavy (non-hydrogen) atoms. The summed E-state index contributed by atoms with van der Waals surface area (Å²) in [5, 5.41) is 5.48. The molecule has 0 saturated heterocycles. The fraction of sp³-hybridized carbons (Fsp3) is 0.429. The van der Waals surface area contributed by atoms with Gasteiger partial charge in [-0.25, -0.2) is 0 Å². The zero-order valence-corrected chi connectivity index (χ0v) is 11.1. The normalized spacial score (nSPS) is 10.8. The van der Waals surface area contributed by atoms with Gasteiger partial charge in [0.25, 0.3) is 0 Å². The number of para-hydroxylation sites is 1. The molecule has 2 N–H and O–H groups in total.